The van der Waals surface area contributed by atoms with Crippen molar-refractivity contribution >= 4 is 15.7 Å². The summed E-state index contributed by atoms with van der Waals surface area (Å²) in [6.07, 6.45) is 1.40. The quantitative estimate of drug-likeness (QED) is 0.728. The summed E-state index contributed by atoms with van der Waals surface area (Å²) < 4.78 is 22.8. The summed E-state index contributed by atoms with van der Waals surface area (Å²) in [4.78, 5) is 13.7. The molecule has 0 aromatic carbocycles. The third kappa shape index (κ3) is 1.96. The minimum absolute atomic E-state index is 0.000741. The lowest BCUT2D eigenvalue weighted by atomic mass is 10.2. The largest absolute Gasteiger partial charge is 0.322 e. The van der Waals surface area contributed by atoms with Crippen LogP contribution >= 0.6 is 0 Å². The van der Waals surface area contributed by atoms with Crippen molar-refractivity contribution in [3.05, 3.63) is 0 Å². The van der Waals surface area contributed by atoms with E-state index in [1.165, 1.54) is 0 Å². The van der Waals surface area contributed by atoms with E-state index in [0.29, 0.717) is 6.42 Å². The Labute approximate surface area is 96.1 Å². The van der Waals surface area contributed by atoms with Gasteiger partial charge in [-0.3, -0.25) is 10.1 Å². The number of carbonyl (C=O) groups excluding carboxylic acids is 1. The fourth-order valence-electron chi connectivity index (χ4n) is 2.56. The first kappa shape index (κ1) is 11.9. The van der Waals surface area contributed by atoms with Crippen LogP contribution in [0.15, 0.2) is 0 Å². The molecule has 0 aliphatic carbocycles. The highest BCUT2D eigenvalue weighted by Gasteiger charge is 2.43. The SMILES string of the molecule is CCC1NC(C)C(=O)N1C1CCS(=O)(=O)C1. The topological polar surface area (TPSA) is 66.5 Å². The first-order valence-corrected chi connectivity index (χ1v) is 7.55. The Hall–Kier alpha value is -0.620. The molecular weight excluding hydrogens is 228 g/mol. The summed E-state index contributed by atoms with van der Waals surface area (Å²) >= 11 is 0. The van der Waals surface area contributed by atoms with Crippen LogP contribution in [0, 0.1) is 0 Å². The standard InChI is InChI=1S/C10H18N2O3S/c1-3-9-11-7(2)10(13)12(9)8-4-5-16(14,15)6-8/h7-9,11H,3-6H2,1-2H3. The van der Waals surface area contributed by atoms with Crippen LogP contribution in [0.4, 0.5) is 0 Å². The van der Waals surface area contributed by atoms with Crippen molar-refractivity contribution in [1.82, 2.24) is 10.2 Å². The van der Waals surface area contributed by atoms with Crippen LogP contribution in [0.25, 0.3) is 0 Å². The second kappa shape index (κ2) is 4.00. The lowest BCUT2D eigenvalue weighted by Crippen LogP contribution is -2.44. The van der Waals surface area contributed by atoms with Crippen LogP contribution in [0.2, 0.25) is 0 Å². The molecule has 16 heavy (non-hydrogen) atoms. The van der Waals surface area contributed by atoms with Gasteiger partial charge in [0, 0.05) is 6.04 Å². The normalized spacial score (nSPS) is 38.2. The van der Waals surface area contributed by atoms with Gasteiger partial charge >= 0.3 is 0 Å². The van der Waals surface area contributed by atoms with E-state index < -0.39 is 9.84 Å². The third-order valence-electron chi connectivity index (χ3n) is 3.39. The average molecular weight is 246 g/mol. The van der Waals surface area contributed by atoms with Gasteiger partial charge < -0.3 is 4.90 Å². The molecule has 2 fully saturated rings. The maximum atomic E-state index is 11.9. The molecule has 2 rings (SSSR count). The van der Waals surface area contributed by atoms with Crippen LogP contribution in [-0.2, 0) is 14.6 Å². The molecule has 5 nitrogen and oxygen atoms in total. The summed E-state index contributed by atoms with van der Waals surface area (Å²) in [6.45, 7) is 3.83. The summed E-state index contributed by atoms with van der Waals surface area (Å²) in [5, 5.41) is 3.19. The monoisotopic (exact) mass is 246 g/mol. The Bertz CT molecular complexity index is 393. The number of nitrogens with one attached hydrogen (secondary N) is 1. The fraction of sp³-hybridized carbons (Fsp3) is 0.900. The van der Waals surface area contributed by atoms with Crippen molar-refractivity contribution in [3.63, 3.8) is 0 Å². The molecule has 2 saturated heterocycles. The Morgan fingerprint density at radius 1 is 1.50 bits per heavy atom. The van der Waals surface area contributed by atoms with Gasteiger partial charge in [-0.25, -0.2) is 8.42 Å². The van der Waals surface area contributed by atoms with Gasteiger partial charge in [-0.15, -0.1) is 0 Å². The Kier molecular flexibility index (Phi) is 2.96. The molecule has 0 spiro atoms. The second-order valence-electron chi connectivity index (χ2n) is 4.61. The van der Waals surface area contributed by atoms with E-state index in [0.717, 1.165) is 6.42 Å². The molecule has 0 saturated carbocycles. The van der Waals surface area contributed by atoms with Crippen molar-refractivity contribution < 1.29 is 13.2 Å². The van der Waals surface area contributed by atoms with Crippen LogP contribution in [0.3, 0.4) is 0 Å². The summed E-state index contributed by atoms with van der Waals surface area (Å²) in [7, 11) is -2.93. The van der Waals surface area contributed by atoms with Crippen molar-refractivity contribution in [2.24, 2.45) is 0 Å². The molecule has 6 heteroatoms. The fourth-order valence-corrected chi connectivity index (χ4v) is 4.27. The zero-order valence-electron chi connectivity index (χ0n) is 9.64. The van der Waals surface area contributed by atoms with E-state index in [2.05, 4.69) is 5.32 Å². The van der Waals surface area contributed by atoms with E-state index in [9.17, 15) is 13.2 Å². The number of sulfone groups is 1. The van der Waals surface area contributed by atoms with Gasteiger partial charge in [0.2, 0.25) is 5.91 Å². The highest BCUT2D eigenvalue weighted by Crippen LogP contribution is 2.24. The van der Waals surface area contributed by atoms with Crippen molar-refractivity contribution in [1.29, 1.82) is 0 Å². The van der Waals surface area contributed by atoms with Gasteiger partial charge in [0.1, 0.15) is 0 Å². The smallest absolute Gasteiger partial charge is 0.241 e. The lowest BCUT2D eigenvalue weighted by Gasteiger charge is -2.28. The van der Waals surface area contributed by atoms with Gasteiger partial charge in [0.15, 0.2) is 9.84 Å². The molecule has 3 atom stereocenters. The van der Waals surface area contributed by atoms with Gasteiger partial charge in [-0.1, -0.05) is 6.92 Å². The number of nitrogens with zero attached hydrogens (tertiary/aromatic N) is 1. The van der Waals surface area contributed by atoms with Crippen molar-refractivity contribution in [2.75, 3.05) is 11.5 Å². The van der Waals surface area contributed by atoms with Gasteiger partial charge in [0.05, 0.1) is 23.7 Å². The molecule has 2 aliphatic heterocycles. The molecule has 1 N–H and O–H groups in total. The lowest BCUT2D eigenvalue weighted by molar-refractivity contribution is -0.131. The predicted octanol–water partition coefficient (Wildman–Crippen LogP) is -0.270. The first-order chi connectivity index (χ1) is 7.44. The highest BCUT2D eigenvalue weighted by molar-refractivity contribution is 7.91. The Morgan fingerprint density at radius 3 is 2.69 bits per heavy atom. The molecule has 2 aliphatic rings. The summed E-state index contributed by atoms with van der Waals surface area (Å²) in [5.74, 6) is 0.379. The molecule has 92 valence electrons. The Morgan fingerprint density at radius 2 is 2.19 bits per heavy atom. The number of amides is 1. The minimum Gasteiger partial charge on any atom is -0.322 e. The third-order valence-corrected chi connectivity index (χ3v) is 5.14. The van der Waals surface area contributed by atoms with Crippen molar-refractivity contribution in [2.45, 2.75) is 44.9 Å². The van der Waals surface area contributed by atoms with Crippen LogP contribution in [0.5, 0.6) is 0 Å². The van der Waals surface area contributed by atoms with Crippen LogP contribution in [0.1, 0.15) is 26.7 Å². The number of hydrogen-bond acceptors (Lipinski definition) is 4. The zero-order chi connectivity index (χ0) is 11.9. The summed E-state index contributed by atoms with van der Waals surface area (Å²) in [6, 6.07) is -0.312. The molecule has 0 aromatic rings. The van der Waals surface area contributed by atoms with Gasteiger partial charge in [-0.2, -0.15) is 0 Å². The molecule has 0 aromatic heterocycles. The van der Waals surface area contributed by atoms with Crippen LogP contribution in [-0.4, -0.2) is 49.0 Å². The van der Waals surface area contributed by atoms with Crippen LogP contribution < -0.4 is 5.32 Å². The molecule has 1 amide bonds. The van der Waals surface area contributed by atoms with E-state index >= 15 is 0 Å². The number of rotatable bonds is 2. The van der Waals surface area contributed by atoms with Crippen molar-refractivity contribution in [3.8, 4) is 0 Å². The Balaban J connectivity index is 2.17. The summed E-state index contributed by atoms with van der Waals surface area (Å²) in [5.41, 5.74) is 0. The predicted molar refractivity (Wildman–Crippen MR) is 60.6 cm³/mol. The second-order valence-corrected chi connectivity index (χ2v) is 6.84. The molecule has 3 unspecified atom stereocenters. The molecule has 0 radical (unpaired) electrons. The number of hydrogen-bond donors (Lipinski definition) is 1. The van der Waals surface area contributed by atoms with E-state index in [4.69, 9.17) is 0 Å². The molecular formula is C10H18N2O3S. The highest BCUT2D eigenvalue weighted by atomic mass is 32.2. The van der Waals surface area contributed by atoms with Gasteiger partial charge in [0.25, 0.3) is 0 Å². The van der Waals surface area contributed by atoms with E-state index in [-0.39, 0.29) is 35.7 Å². The number of carbonyl (C=O) groups is 1. The van der Waals surface area contributed by atoms with Gasteiger partial charge in [-0.05, 0) is 19.8 Å². The average Bonchev–Trinajstić information content (AvgIpc) is 2.69. The van der Waals surface area contributed by atoms with E-state index in [1.54, 1.807) is 4.90 Å². The van der Waals surface area contributed by atoms with E-state index in [1.807, 2.05) is 13.8 Å². The minimum atomic E-state index is -2.93. The maximum Gasteiger partial charge on any atom is 0.241 e. The molecule has 2 heterocycles. The zero-order valence-corrected chi connectivity index (χ0v) is 10.5. The first-order valence-electron chi connectivity index (χ1n) is 5.73. The molecule has 0 bridgehead atoms. The maximum absolute atomic E-state index is 11.9.